The first-order chi connectivity index (χ1) is 19.4. The van der Waals surface area contributed by atoms with Gasteiger partial charge in [0.05, 0.1) is 23.6 Å². The molecular formula is C26H27F3N4O7S2. The van der Waals surface area contributed by atoms with Gasteiger partial charge in [-0.1, -0.05) is 62.4 Å². The maximum atomic E-state index is 13.6. The fraction of sp³-hybridized carbons (Fsp3) is 0.269. The third-order valence-corrected chi connectivity index (χ3v) is 8.05. The minimum absolute atomic E-state index is 0.0919. The Balaban J connectivity index is 2.23. The van der Waals surface area contributed by atoms with Crippen LogP contribution >= 0.6 is 0 Å². The molecule has 3 N–H and O–H groups in total. The van der Waals surface area contributed by atoms with Crippen LogP contribution in [0.1, 0.15) is 19.4 Å². The van der Waals surface area contributed by atoms with Crippen molar-refractivity contribution in [2.45, 2.75) is 37.4 Å². The van der Waals surface area contributed by atoms with E-state index in [-0.39, 0.29) is 15.7 Å². The molecule has 3 rings (SSSR count). The van der Waals surface area contributed by atoms with E-state index in [4.69, 9.17) is 0 Å². The first kappa shape index (κ1) is 32.5. The van der Waals surface area contributed by atoms with Crippen LogP contribution in [0.4, 0.5) is 18.9 Å². The number of ketones is 1. The molecule has 0 radical (unpaired) electrons. The molecule has 0 saturated heterocycles. The van der Waals surface area contributed by atoms with Crippen molar-refractivity contribution in [3.8, 4) is 11.3 Å². The van der Waals surface area contributed by atoms with Crippen LogP contribution in [0.15, 0.2) is 76.4 Å². The van der Waals surface area contributed by atoms with Gasteiger partial charge in [0.1, 0.15) is 5.69 Å². The second-order valence-electron chi connectivity index (χ2n) is 9.53. The molecule has 0 fully saturated rings. The smallest absolute Gasteiger partial charge is 0.345 e. The fourth-order valence-corrected chi connectivity index (χ4v) is 6.25. The summed E-state index contributed by atoms with van der Waals surface area (Å²) in [5.74, 6) is -4.34. The van der Waals surface area contributed by atoms with E-state index in [0.717, 1.165) is 12.1 Å². The number of carbonyl (C=O) groups is 2. The van der Waals surface area contributed by atoms with Crippen LogP contribution in [-0.4, -0.2) is 52.0 Å². The second-order valence-corrected chi connectivity index (χ2v) is 13.0. The first-order valence-electron chi connectivity index (χ1n) is 12.2. The van der Waals surface area contributed by atoms with E-state index in [1.807, 2.05) is 5.32 Å². The zero-order valence-electron chi connectivity index (χ0n) is 22.5. The maximum absolute atomic E-state index is 13.6. The highest BCUT2D eigenvalue weighted by Crippen LogP contribution is 2.27. The highest BCUT2D eigenvalue weighted by atomic mass is 32.2. The number of Topliss-reactive ketones (excluding diaryl/α,β-unsaturated/α-hetero) is 1. The summed E-state index contributed by atoms with van der Waals surface area (Å²) < 4.78 is 91.3. The zero-order valence-corrected chi connectivity index (χ0v) is 24.1. The molecule has 1 amide bonds. The van der Waals surface area contributed by atoms with Crippen molar-refractivity contribution in [3.05, 3.63) is 82.6 Å². The maximum Gasteiger partial charge on any atom is 0.452 e. The van der Waals surface area contributed by atoms with Gasteiger partial charge >= 0.3 is 6.18 Å². The number of halogens is 3. The molecule has 16 heteroatoms. The Kier molecular flexibility index (Phi) is 9.64. The number of nitrogens with zero attached hydrogens (tertiary/aromatic N) is 1. The Morgan fingerprint density at radius 2 is 1.50 bits per heavy atom. The van der Waals surface area contributed by atoms with Gasteiger partial charge in [-0.15, -0.1) is 4.83 Å². The standard InChI is InChI=1S/C26H27F3N4O7S2/c1-16(2)22(24(35)26(27,28)29)31-21(34)15-18-14-20(17-10-6-4-7-11-17)30-25(36)23(18)33(32-41(3,37)38)42(39,40)19-12-8-5-9-13-19/h4-14,16,22,32H,15H2,1-3H3,(H,30,36)(H,31,34). The minimum Gasteiger partial charge on any atom is -0.345 e. The highest BCUT2D eigenvalue weighted by molar-refractivity contribution is 7.94. The summed E-state index contributed by atoms with van der Waals surface area (Å²) in [7, 11) is -9.20. The molecule has 1 heterocycles. The molecule has 0 spiro atoms. The van der Waals surface area contributed by atoms with E-state index >= 15 is 0 Å². The lowest BCUT2D eigenvalue weighted by atomic mass is 9.98. The van der Waals surface area contributed by atoms with Crippen molar-refractivity contribution in [2.75, 3.05) is 10.7 Å². The number of hydrogen-bond acceptors (Lipinski definition) is 7. The molecule has 3 aromatic rings. The SMILES string of the molecule is CC(C)C(NC(=O)Cc1cc(-c2ccccc2)[nH]c(=O)c1N(NS(C)(=O)=O)S(=O)(=O)c1ccccc1)C(=O)C(F)(F)F. The molecule has 1 aromatic heterocycles. The van der Waals surface area contributed by atoms with Crippen molar-refractivity contribution in [2.24, 2.45) is 5.92 Å². The highest BCUT2D eigenvalue weighted by Gasteiger charge is 2.45. The normalized spacial score (nSPS) is 13.0. The summed E-state index contributed by atoms with van der Waals surface area (Å²) in [4.78, 5) is 42.3. The molecule has 11 nitrogen and oxygen atoms in total. The van der Waals surface area contributed by atoms with Crippen LogP contribution < -0.4 is 20.1 Å². The van der Waals surface area contributed by atoms with Crippen LogP contribution in [0.3, 0.4) is 0 Å². The third-order valence-electron chi connectivity index (χ3n) is 5.80. The van der Waals surface area contributed by atoms with E-state index in [9.17, 15) is 44.4 Å². The molecule has 0 bridgehead atoms. The predicted octanol–water partition coefficient (Wildman–Crippen LogP) is 2.52. The monoisotopic (exact) mass is 628 g/mol. The van der Waals surface area contributed by atoms with Gasteiger partial charge in [-0.05, 0) is 35.2 Å². The molecule has 1 atom stereocenters. The number of carbonyl (C=O) groups excluding carboxylic acids is 2. The van der Waals surface area contributed by atoms with Gasteiger partial charge in [0.25, 0.3) is 21.4 Å². The first-order valence-corrected chi connectivity index (χ1v) is 15.5. The number of hydrazine groups is 1. The zero-order chi connectivity index (χ0) is 31.5. The van der Waals surface area contributed by atoms with Crippen LogP contribution in [0.25, 0.3) is 11.3 Å². The number of aromatic amines is 1. The Bertz CT molecular complexity index is 1730. The summed E-state index contributed by atoms with van der Waals surface area (Å²) in [6, 6.07) is 13.8. The number of aromatic nitrogens is 1. The average molecular weight is 629 g/mol. The molecule has 0 saturated carbocycles. The van der Waals surface area contributed by atoms with Crippen LogP contribution in [0.2, 0.25) is 0 Å². The van der Waals surface area contributed by atoms with Gasteiger partial charge in [-0.3, -0.25) is 14.4 Å². The molecule has 226 valence electrons. The molecule has 0 aliphatic rings. The Morgan fingerprint density at radius 3 is 2.00 bits per heavy atom. The topological polar surface area (TPSA) is 163 Å². The molecule has 42 heavy (non-hydrogen) atoms. The summed E-state index contributed by atoms with van der Waals surface area (Å²) >= 11 is 0. The lowest BCUT2D eigenvalue weighted by Crippen LogP contribution is -2.51. The number of nitrogens with one attached hydrogen (secondary N) is 3. The van der Waals surface area contributed by atoms with Crippen molar-refractivity contribution in [3.63, 3.8) is 0 Å². The molecule has 2 aromatic carbocycles. The van der Waals surface area contributed by atoms with Crippen molar-refractivity contribution in [1.82, 2.24) is 15.1 Å². The Hall–Kier alpha value is -4.02. The van der Waals surface area contributed by atoms with Crippen LogP contribution in [-0.2, 0) is 36.1 Å². The van der Waals surface area contributed by atoms with Crippen molar-refractivity contribution >= 4 is 37.4 Å². The van der Waals surface area contributed by atoms with Gasteiger partial charge in [-0.2, -0.15) is 26.0 Å². The van der Waals surface area contributed by atoms with E-state index in [1.54, 1.807) is 35.2 Å². The number of H-pyrrole nitrogens is 1. The molecule has 0 aliphatic carbocycles. The van der Waals surface area contributed by atoms with Crippen molar-refractivity contribution < 1.29 is 39.6 Å². The van der Waals surface area contributed by atoms with Gasteiger partial charge in [-0.25, -0.2) is 8.42 Å². The molecular weight excluding hydrogens is 601 g/mol. The van der Waals surface area contributed by atoms with Crippen LogP contribution in [0.5, 0.6) is 0 Å². The minimum atomic E-state index is -5.25. The van der Waals surface area contributed by atoms with Gasteiger partial charge in [0.2, 0.25) is 15.9 Å². The summed E-state index contributed by atoms with van der Waals surface area (Å²) in [6.45, 7) is 2.57. The number of amides is 1. The largest absolute Gasteiger partial charge is 0.452 e. The van der Waals surface area contributed by atoms with Crippen molar-refractivity contribution in [1.29, 1.82) is 0 Å². The molecule has 1 unspecified atom stereocenters. The van der Waals surface area contributed by atoms with E-state index in [2.05, 4.69) is 4.98 Å². The number of anilines is 1. The number of pyridine rings is 1. The number of hydrogen-bond donors (Lipinski definition) is 3. The number of benzene rings is 2. The summed E-state index contributed by atoms with van der Waals surface area (Å²) in [6.07, 6.45) is -5.52. The lowest BCUT2D eigenvalue weighted by Gasteiger charge is -2.26. The van der Waals surface area contributed by atoms with E-state index in [1.165, 1.54) is 38.1 Å². The van der Waals surface area contributed by atoms with Crippen LogP contribution in [0, 0.1) is 5.92 Å². The van der Waals surface area contributed by atoms with Gasteiger partial charge < -0.3 is 10.3 Å². The predicted molar refractivity (Wildman–Crippen MR) is 148 cm³/mol. The van der Waals surface area contributed by atoms with Gasteiger partial charge in [0.15, 0.2) is 0 Å². The average Bonchev–Trinajstić information content (AvgIpc) is 2.90. The third kappa shape index (κ3) is 7.83. The summed E-state index contributed by atoms with van der Waals surface area (Å²) in [5.41, 5.74) is -1.82. The molecule has 0 aliphatic heterocycles. The number of rotatable bonds is 11. The number of sulfonamides is 2. The lowest BCUT2D eigenvalue weighted by molar-refractivity contribution is -0.174. The quantitative estimate of drug-likeness (QED) is 0.275. The van der Waals surface area contributed by atoms with Gasteiger partial charge in [0, 0.05) is 5.69 Å². The Labute approximate surface area is 239 Å². The fourth-order valence-electron chi connectivity index (χ4n) is 3.91. The Morgan fingerprint density at radius 1 is 0.952 bits per heavy atom. The summed E-state index contributed by atoms with van der Waals surface area (Å²) in [5, 5.41) is 2.01. The second kappa shape index (κ2) is 12.5. The van der Waals surface area contributed by atoms with E-state index in [0.29, 0.717) is 11.8 Å². The number of alkyl halides is 3. The van der Waals surface area contributed by atoms with E-state index < -0.39 is 72.4 Å².